The summed E-state index contributed by atoms with van der Waals surface area (Å²) in [6, 6.07) is 16.4. The van der Waals surface area contributed by atoms with Gasteiger partial charge in [0.05, 0.1) is 17.2 Å². The van der Waals surface area contributed by atoms with Crippen LogP contribution >= 0.6 is 15.9 Å². The molecular formula is C22H17BrFN3O3. The fourth-order valence-electron chi connectivity index (χ4n) is 2.76. The molecule has 152 valence electrons. The van der Waals surface area contributed by atoms with Gasteiger partial charge in [-0.25, -0.2) is 4.39 Å². The van der Waals surface area contributed by atoms with E-state index in [1.54, 1.807) is 18.3 Å². The van der Waals surface area contributed by atoms with Gasteiger partial charge in [-0.3, -0.25) is 9.48 Å². The molecule has 0 aliphatic carbocycles. The van der Waals surface area contributed by atoms with E-state index in [4.69, 9.17) is 9.15 Å². The van der Waals surface area contributed by atoms with E-state index in [0.29, 0.717) is 23.7 Å². The SMILES string of the molecule is O=C(Nc1ccc(Cn2cc(Br)cn2)cc1)c1ccc(COc2ccc(F)cc2)o1. The topological polar surface area (TPSA) is 69.3 Å². The van der Waals surface area contributed by atoms with Gasteiger partial charge in [-0.05, 0) is 70.0 Å². The second-order valence-corrected chi connectivity index (χ2v) is 7.43. The van der Waals surface area contributed by atoms with Crippen molar-refractivity contribution in [2.75, 3.05) is 5.32 Å². The number of amides is 1. The number of aromatic nitrogens is 2. The highest BCUT2D eigenvalue weighted by molar-refractivity contribution is 9.10. The maximum absolute atomic E-state index is 12.9. The Kier molecular flexibility index (Phi) is 5.94. The predicted octanol–water partition coefficient (Wildman–Crippen LogP) is 5.26. The molecule has 4 aromatic rings. The summed E-state index contributed by atoms with van der Waals surface area (Å²) in [5.74, 6) is 0.498. The van der Waals surface area contributed by atoms with Gasteiger partial charge < -0.3 is 14.5 Å². The molecule has 30 heavy (non-hydrogen) atoms. The molecule has 0 aliphatic rings. The molecule has 1 amide bonds. The van der Waals surface area contributed by atoms with E-state index in [1.165, 1.54) is 24.3 Å². The lowest BCUT2D eigenvalue weighted by Gasteiger charge is -2.06. The van der Waals surface area contributed by atoms with Crippen LogP contribution in [0.4, 0.5) is 10.1 Å². The van der Waals surface area contributed by atoms with Crippen LogP contribution < -0.4 is 10.1 Å². The minimum Gasteiger partial charge on any atom is -0.486 e. The van der Waals surface area contributed by atoms with Gasteiger partial charge in [0, 0.05) is 11.9 Å². The van der Waals surface area contributed by atoms with Crippen LogP contribution in [0.5, 0.6) is 5.75 Å². The molecule has 0 saturated carbocycles. The molecule has 0 aliphatic heterocycles. The number of furan rings is 1. The number of benzene rings is 2. The van der Waals surface area contributed by atoms with Gasteiger partial charge in [-0.15, -0.1) is 0 Å². The molecule has 2 heterocycles. The number of ether oxygens (including phenoxy) is 1. The first kappa shape index (κ1) is 19.9. The third-order valence-electron chi connectivity index (χ3n) is 4.24. The maximum Gasteiger partial charge on any atom is 0.291 e. The number of nitrogens with zero attached hydrogens (tertiary/aromatic N) is 2. The van der Waals surface area contributed by atoms with Gasteiger partial charge in [-0.1, -0.05) is 12.1 Å². The van der Waals surface area contributed by atoms with E-state index in [2.05, 4.69) is 26.3 Å². The standard InChI is InChI=1S/C22H17BrFN3O3/c23-16-11-25-27(13-16)12-15-1-5-18(6-2-15)26-22(28)21-10-9-20(30-21)14-29-19-7-3-17(24)4-8-19/h1-11,13H,12,14H2,(H,26,28). The summed E-state index contributed by atoms with van der Waals surface area (Å²) >= 11 is 3.37. The third-order valence-corrected chi connectivity index (χ3v) is 4.65. The van der Waals surface area contributed by atoms with E-state index >= 15 is 0 Å². The molecule has 0 fully saturated rings. The van der Waals surface area contributed by atoms with E-state index < -0.39 is 0 Å². The fraction of sp³-hybridized carbons (Fsp3) is 0.0909. The molecule has 0 radical (unpaired) electrons. The quantitative estimate of drug-likeness (QED) is 0.400. The zero-order chi connectivity index (χ0) is 20.9. The molecule has 2 aromatic heterocycles. The van der Waals surface area contributed by atoms with Crippen molar-refractivity contribution in [1.29, 1.82) is 0 Å². The Morgan fingerprint density at radius 1 is 1.10 bits per heavy atom. The van der Waals surface area contributed by atoms with Crippen LogP contribution in [0.1, 0.15) is 21.9 Å². The van der Waals surface area contributed by atoms with E-state index in [9.17, 15) is 9.18 Å². The molecule has 0 unspecified atom stereocenters. The van der Waals surface area contributed by atoms with Crippen LogP contribution in [0.15, 0.2) is 81.9 Å². The van der Waals surface area contributed by atoms with Crippen LogP contribution in [0.3, 0.4) is 0 Å². The monoisotopic (exact) mass is 469 g/mol. The van der Waals surface area contributed by atoms with Crippen molar-refractivity contribution >= 4 is 27.5 Å². The molecule has 2 aromatic carbocycles. The Bertz CT molecular complexity index is 1140. The van der Waals surface area contributed by atoms with Crippen molar-refractivity contribution in [3.63, 3.8) is 0 Å². The minimum absolute atomic E-state index is 0.136. The highest BCUT2D eigenvalue weighted by atomic mass is 79.9. The Labute approximate surface area is 180 Å². The number of carbonyl (C=O) groups is 1. The molecule has 0 saturated heterocycles. The molecule has 4 rings (SSSR count). The zero-order valence-corrected chi connectivity index (χ0v) is 17.3. The van der Waals surface area contributed by atoms with E-state index in [1.807, 2.05) is 35.1 Å². The molecule has 0 atom stereocenters. The average molecular weight is 470 g/mol. The van der Waals surface area contributed by atoms with Gasteiger partial charge in [0.25, 0.3) is 5.91 Å². The summed E-state index contributed by atoms with van der Waals surface area (Å²) in [5, 5.41) is 7.02. The predicted molar refractivity (Wildman–Crippen MR) is 113 cm³/mol. The second kappa shape index (κ2) is 8.96. The van der Waals surface area contributed by atoms with Gasteiger partial charge in [-0.2, -0.15) is 5.10 Å². The lowest BCUT2D eigenvalue weighted by Crippen LogP contribution is -2.11. The van der Waals surface area contributed by atoms with Crippen LogP contribution in [-0.2, 0) is 13.2 Å². The number of rotatable bonds is 7. The molecule has 6 nitrogen and oxygen atoms in total. The summed E-state index contributed by atoms with van der Waals surface area (Å²) < 4.78 is 26.7. The molecule has 0 bridgehead atoms. The van der Waals surface area contributed by atoms with Crippen LogP contribution in [0.2, 0.25) is 0 Å². The van der Waals surface area contributed by atoms with Crippen molar-refractivity contribution in [3.05, 3.63) is 100 Å². The fourth-order valence-corrected chi connectivity index (χ4v) is 3.09. The van der Waals surface area contributed by atoms with E-state index in [-0.39, 0.29) is 24.1 Å². The first-order valence-corrected chi connectivity index (χ1v) is 9.90. The van der Waals surface area contributed by atoms with Crippen molar-refractivity contribution < 1.29 is 18.3 Å². The largest absolute Gasteiger partial charge is 0.486 e. The number of anilines is 1. The van der Waals surface area contributed by atoms with Crippen LogP contribution in [-0.4, -0.2) is 15.7 Å². The Morgan fingerprint density at radius 2 is 1.87 bits per heavy atom. The highest BCUT2D eigenvalue weighted by Crippen LogP contribution is 2.17. The summed E-state index contributed by atoms with van der Waals surface area (Å²) in [5.41, 5.74) is 1.72. The van der Waals surface area contributed by atoms with E-state index in [0.717, 1.165) is 10.0 Å². The van der Waals surface area contributed by atoms with Crippen molar-refractivity contribution in [3.8, 4) is 5.75 Å². The normalized spacial score (nSPS) is 10.7. The molecule has 1 N–H and O–H groups in total. The van der Waals surface area contributed by atoms with Gasteiger partial charge in [0.1, 0.15) is 23.9 Å². The third kappa shape index (κ3) is 5.15. The number of hydrogen-bond donors (Lipinski definition) is 1. The summed E-state index contributed by atoms with van der Waals surface area (Å²) in [6.07, 6.45) is 3.63. The Balaban J connectivity index is 1.32. The Hall–Kier alpha value is -3.39. The first-order chi connectivity index (χ1) is 14.5. The summed E-state index contributed by atoms with van der Waals surface area (Å²) in [6.45, 7) is 0.770. The lowest BCUT2D eigenvalue weighted by atomic mass is 10.2. The average Bonchev–Trinajstić information content (AvgIpc) is 3.38. The molecular weight excluding hydrogens is 453 g/mol. The van der Waals surface area contributed by atoms with Crippen molar-refractivity contribution in [2.45, 2.75) is 13.2 Å². The minimum atomic E-state index is -0.355. The number of carbonyl (C=O) groups excluding carboxylic acids is 1. The molecule has 0 spiro atoms. The summed E-state index contributed by atoms with van der Waals surface area (Å²) in [4.78, 5) is 12.4. The highest BCUT2D eigenvalue weighted by Gasteiger charge is 2.12. The number of halogens is 2. The molecule has 8 heteroatoms. The second-order valence-electron chi connectivity index (χ2n) is 6.52. The lowest BCUT2D eigenvalue weighted by molar-refractivity contribution is 0.0992. The van der Waals surface area contributed by atoms with Crippen LogP contribution in [0.25, 0.3) is 0 Å². The number of nitrogens with one attached hydrogen (secondary N) is 1. The Morgan fingerprint density at radius 3 is 2.57 bits per heavy atom. The van der Waals surface area contributed by atoms with Gasteiger partial charge in [0.2, 0.25) is 0 Å². The first-order valence-electron chi connectivity index (χ1n) is 9.10. The smallest absolute Gasteiger partial charge is 0.291 e. The van der Waals surface area contributed by atoms with Gasteiger partial charge >= 0.3 is 0 Å². The van der Waals surface area contributed by atoms with Gasteiger partial charge in [0.15, 0.2) is 5.76 Å². The zero-order valence-electron chi connectivity index (χ0n) is 15.7. The number of hydrogen-bond acceptors (Lipinski definition) is 4. The van der Waals surface area contributed by atoms with Crippen molar-refractivity contribution in [2.24, 2.45) is 0 Å². The van der Waals surface area contributed by atoms with Crippen molar-refractivity contribution in [1.82, 2.24) is 9.78 Å². The van der Waals surface area contributed by atoms with Crippen LogP contribution in [0, 0.1) is 5.82 Å². The summed E-state index contributed by atoms with van der Waals surface area (Å²) in [7, 11) is 0. The maximum atomic E-state index is 12.9.